The lowest BCUT2D eigenvalue weighted by Crippen LogP contribution is -2.14. The second kappa shape index (κ2) is 7.68. The summed E-state index contributed by atoms with van der Waals surface area (Å²) in [6.07, 6.45) is 1.51. The maximum Gasteiger partial charge on any atom is 0.275 e. The van der Waals surface area contributed by atoms with E-state index in [1.807, 2.05) is 48.5 Å². The van der Waals surface area contributed by atoms with Crippen LogP contribution >= 0.6 is 23.1 Å². The van der Waals surface area contributed by atoms with Crippen LogP contribution in [0.4, 0.5) is 5.69 Å². The molecule has 0 saturated heterocycles. The smallest absolute Gasteiger partial charge is 0.275 e. The highest BCUT2D eigenvalue weighted by molar-refractivity contribution is 7.98. The number of para-hydroxylation sites is 3. The lowest BCUT2D eigenvalue weighted by atomic mass is 10.2. The van der Waals surface area contributed by atoms with E-state index in [0.717, 1.165) is 21.9 Å². The fourth-order valence-electron chi connectivity index (χ4n) is 2.48. The van der Waals surface area contributed by atoms with Crippen molar-refractivity contribution in [2.75, 3.05) is 5.32 Å². The first-order chi connectivity index (χ1) is 12.8. The molecule has 0 radical (unpaired) electrons. The maximum absolute atomic E-state index is 12.6. The molecule has 2 heterocycles. The van der Waals surface area contributed by atoms with E-state index in [2.05, 4.69) is 32.1 Å². The van der Waals surface area contributed by atoms with Crippen LogP contribution in [0.1, 0.15) is 16.1 Å². The highest BCUT2D eigenvalue weighted by Gasteiger charge is 2.12. The van der Waals surface area contributed by atoms with Gasteiger partial charge in [-0.3, -0.25) is 9.78 Å². The standard InChI is InChI=1S/C20H15N3OS2/c24-20(18-11-21-15-5-1-2-6-16(15)22-18)23-17-7-3-4-8-19(17)26-13-14-9-10-25-12-14/h1-12H,13H2,(H,23,24). The van der Waals surface area contributed by atoms with E-state index in [4.69, 9.17) is 0 Å². The predicted octanol–water partition coefficient (Wildman–Crippen LogP) is 5.24. The first-order valence-electron chi connectivity index (χ1n) is 8.05. The molecule has 4 rings (SSSR count). The molecule has 0 fully saturated rings. The number of hydrogen-bond donors (Lipinski definition) is 1. The number of thioether (sulfide) groups is 1. The molecule has 0 aliphatic rings. The van der Waals surface area contributed by atoms with Gasteiger partial charge >= 0.3 is 0 Å². The molecule has 0 saturated carbocycles. The number of aromatic nitrogens is 2. The molecule has 0 unspecified atom stereocenters. The first-order valence-corrected chi connectivity index (χ1v) is 9.98. The highest BCUT2D eigenvalue weighted by atomic mass is 32.2. The van der Waals surface area contributed by atoms with Gasteiger partial charge in [-0.2, -0.15) is 11.3 Å². The molecule has 2 aromatic heterocycles. The van der Waals surface area contributed by atoms with Crippen molar-refractivity contribution < 1.29 is 4.79 Å². The third-order valence-corrected chi connectivity index (χ3v) is 5.67. The van der Waals surface area contributed by atoms with E-state index < -0.39 is 0 Å². The third kappa shape index (κ3) is 3.76. The van der Waals surface area contributed by atoms with Crippen LogP contribution in [-0.4, -0.2) is 15.9 Å². The normalized spacial score (nSPS) is 10.8. The average Bonchev–Trinajstić information content (AvgIpc) is 3.20. The average molecular weight is 377 g/mol. The molecule has 26 heavy (non-hydrogen) atoms. The summed E-state index contributed by atoms with van der Waals surface area (Å²) >= 11 is 3.39. The van der Waals surface area contributed by atoms with Crippen LogP contribution in [0, 0.1) is 0 Å². The van der Waals surface area contributed by atoms with E-state index in [1.165, 1.54) is 11.8 Å². The molecule has 1 N–H and O–H groups in total. The lowest BCUT2D eigenvalue weighted by Gasteiger charge is -2.10. The van der Waals surface area contributed by atoms with Crippen molar-refractivity contribution in [3.63, 3.8) is 0 Å². The van der Waals surface area contributed by atoms with Crippen molar-refractivity contribution in [1.82, 2.24) is 9.97 Å². The van der Waals surface area contributed by atoms with Crippen LogP contribution in [0.2, 0.25) is 0 Å². The van der Waals surface area contributed by atoms with Gasteiger partial charge in [0.1, 0.15) is 5.69 Å². The number of amides is 1. The van der Waals surface area contributed by atoms with Gasteiger partial charge in [-0.05, 0) is 46.7 Å². The van der Waals surface area contributed by atoms with Crippen molar-refractivity contribution in [2.24, 2.45) is 0 Å². The number of nitrogens with zero attached hydrogens (tertiary/aromatic N) is 2. The number of anilines is 1. The van der Waals surface area contributed by atoms with Crippen LogP contribution < -0.4 is 5.32 Å². The Balaban J connectivity index is 1.53. The summed E-state index contributed by atoms with van der Waals surface area (Å²) in [7, 11) is 0. The Kier molecular flexibility index (Phi) is 4.95. The highest BCUT2D eigenvalue weighted by Crippen LogP contribution is 2.30. The molecule has 1 amide bonds. The summed E-state index contributed by atoms with van der Waals surface area (Å²) in [5.41, 5.74) is 3.85. The number of thiophene rings is 1. The van der Waals surface area contributed by atoms with Crippen LogP contribution in [0.25, 0.3) is 11.0 Å². The topological polar surface area (TPSA) is 54.9 Å². The third-order valence-electron chi connectivity index (χ3n) is 3.79. The molecule has 4 aromatic rings. The maximum atomic E-state index is 12.6. The second-order valence-corrected chi connectivity index (χ2v) is 7.41. The molecule has 0 bridgehead atoms. The number of hydrogen-bond acceptors (Lipinski definition) is 5. The van der Waals surface area contributed by atoms with Crippen molar-refractivity contribution in [1.29, 1.82) is 0 Å². The van der Waals surface area contributed by atoms with E-state index in [1.54, 1.807) is 23.1 Å². The molecule has 0 aliphatic carbocycles. The number of rotatable bonds is 5. The zero-order chi connectivity index (χ0) is 17.8. The minimum Gasteiger partial charge on any atom is -0.320 e. The number of benzene rings is 2. The van der Waals surface area contributed by atoms with E-state index in [9.17, 15) is 4.79 Å². The van der Waals surface area contributed by atoms with Gasteiger partial charge in [-0.25, -0.2) is 4.98 Å². The summed E-state index contributed by atoms with van der Waals surface area (Å²) in [6.45, 7) is 0. The fraction of sp³-hybridized carbons (Fsp3) is 0.0500. The largest absolute Gasteiger partial charge is 0.320 e. The lowest BCUT2D eigenvalue weighted by molar-refractivity contribution is 0.102. The summed E-state index contributed by atoms with van der Waals surface area (Å²) in [5, 5.41) is 7.17. The second-order valence-electron chi connectivity index (χ2n) is 5.61. The Morgan fingerprint density at radius 1 is 1.04 bits per heavy atom. The first kappa shape index (κ1) is 16.8. The molecule has 4 nitrogen and oxygen atoms in total. The number of fused-ring (bicyclic) bond motifs is 1. The number of carbonyl (C=O) groups excluding carboxylic acids is 1. The van der Waals surface area contributed by atoms with Gasteiger partial charge in [-0.1, -0.05) is 24.3 Å². The molecule has 128 valence electrons. The summed E-state index contributed by atoms with van der Waals surface area (Å²) in [4.78, 5) is 22.4. The summed E-state index contributed by atoms with van der Waals surface area (Å²) < 4.78 is 0. The number of carbonyl (C=O) groups is 1. The molecule has 6 heteroatoms. The van der Waals surface area contributed by atoms with Crippen molar-refractivity contribution >= 4 is 45.7 Å². The Bertz CT molecular complexity index is 1050. The van der Waals surface area contributed by atoms with Gasteiger partial charge < -0.3 is 5.32 Å². The zero-order valence-corrected chi connectivity index (χ0v) is 15.4. The quantitative estimate of drug-likeness (QED) is 0.484. The van der Waals surface area contributed by atoms with Crippen molar-refractivity contribution in [2.45, 2.75) is 10.6 Å². The SMILES string of the molecule is O=C(Nc1ccccc1SCc1ccsc1)c1cnc2ccccc2n1. The molecule has 0 atom stereocenters. The molecule has 0 aliphatic heterocycles. The van der Waals surface area contributed by atoms with Crippen LogP contribution in [0.5, 0.6) is 0 Å². The number of nitrogens with one attached hydrogen (secondary N) is 1. The van der Waals surface area contributed by atoms with E-state index >= 15 is 0 Å². The summed E-state index contributed by atoms with van der Waals surface area (Å²) in [5.74, 6) is 0.610. The van der Waals surface area contributed by atoms with Gasteiger partial charge in [0.15, 0.2) is 0 Å². The molecule has 2 aromatic carbocycles. The van der Waals surface area contributed by atoms with Gasteiger partial charge in [0.2, 0.25) is 0 Å². The molecular weight excluding hydrogens is 362 g/mol. The van der Waals surface area contributed by atoms with E-state index in [0.29, 0.717) is 11.2 Å². The van der Waals surface area contributed by atoms with Crippen LogP contribution in [0.15, 0.2) is 76.4 Å². The Hall–Kier alpha value is -2.70. The minimum absolute atomic E-state index is 0.258. The Morgan fingerprint density at radius 3 is 2.69 bits per heavy atom. The van der Waals surface area contributed by atoms with Gasteiger partial charge in [-0.15, -0.1) is 11.8 Å². The Labute approximate surface area is 159 Å². The Morgan fingerprint density at radius 2 is 1.85 bits per heavy atom. The van der Waals surface area contributed by atoms with Crippen molar-refractivity contribution in [3.05, 3.63) is 82.8 Å². The summed E-state index contributed by atoms with van der Waals surface area (Å²) in [6, 6.07) is 17.4. The molecule has 0 spiro atoms. The zero-order valence-electron chi connectivity index (χ0n) is 13.8. The predicted molar refractivity (Wildman–Crippen MR) is 108 cm³/mol. The molecular formula is C20H15N3OS2. The minimum atomic E-state index is -0.258. The van der Waals surface area contributed by atoms with Crippen molar-refractivity contribution in [3.8, 4) is 0 Å². The monoisotopic (exact) mass is 377 g/mol. The van der Waals surface area contributed by atoms with Gasteiger partial charge in [0.25, 0.3) is 5.91 Å². The van der Waals surface area contributed by atoms with E-state index in [-0.39, 0.29) is 5.91 Å². The fourth-order valence-corrected chi connectivity index (χ4v) is 4.21. The van der Waals surface area contributed by atoms with Gasteiger partial charge in [0, 0.05) is 10.6 Å². The van der Waals surface area contributed by atoms with Gasteiger partial charge in [0.05, 0.1) is 22.9 Å². The van der Waals surface area contributed by atoms with Crippen LogP contribution in [-0.2, 0) is 5.75 Å². The van der Waals surface area contributed by atoms with Crippen LogP contribution in [0.3, 0.4) is 0 Å².